The number of hydrogen-bond acceptors (Lipinski definition) is 6. The molecule has 0 atom stereocenters. The fraction of sp³-hybridized carbons (Fsp3) is 0.611. The van der Waals surface area contributed by atoms with E-state index in [9.17, 15) is 4.79 Å². The first-order valence-corrected chi connectivity index (χ1v) is 9.90. The molecule has 0 radical (unpaired) electrons. The molecule has 0 amide bonds. The molecule has 4 rings (SSSR count). The summed E-state index contributed by atoms with van der Waals surface area (Å²) >= 11 is 1.71. The molecule has 7 heteroatoms. The van der Waals surface area contributed by atoms with Crippen LogP contribution < -0.4 is 10.9 Å². The van der Waals surface area contributed by atoms with Gasteiger partial charge in [0.15, 0.2) is 0 Å². The smallest absolute Gasteiger partial charge is 0.267 e. The van der Waals surface area contributed by atoms with E-state index in [1.807, 2.05) is 5.51 Å². The molecule has 134 valence electrons. The molecule has 2 aromatic rings. The van der Waals surface area contributed by atoms with Gasteiger partial charge < -0.3 is 10.1 Å². The van der Waals surface area contributed by atoms with Crippen molar-refractivity contribution < 1.29 is 4.74 Å². The minimum absolute atomic E-state index is 0.0148. The highest BCUT2D eigenvalue weighted by molar-refractivity contribution is 7.09. The van der Waals surface area contributed by atoms with Crippen LogP contribution in [0.2, 0.25) is 0 Å². The summed E-state index contributed by atoms with van der Waals surface area (Å²) < 4.78 is 7.15. The Balaban J connectivity index is 1.37. The van der Waals surface area contributed by atoms with Gasteiger partial charge in [0.25, 0.3) is 5.56 Å². The van der Waals surface area contributed by atoms with Gasteiger partial charge in [-0.3, -0.25) is 4.79 Å². The number of nitrogens with zero attached hydrogens (tertiary/aromatic N) is 3. The van der Waals surface area contributed by atoms with Crippen molar-refractivity contribution in [1.29, 1.82) is 0 Å². The SMILES string of the molecule is Cc1ncsc1CNC1CCC(n2nc3c(cc2=O)COCC3)CC1. The maximum absolute atomic E-state index is 12.4. The number of nitrogens with one attached hydrogen (secondary N) is 1. The van der Waals surface area contributed by atoms with Gasteiger partial charge in [-0.25, -0.2) is 9.67 Å². The molecule has 0 unspecified atom stereocenters. The van der Waals surface area contributed by atoms with Gasteiger partial charge >= 0.3 is 0 Å². The highest BCUT2D eigenvalue weighted by atomic mass is 32.1. The number of thiazole rings is 1. The van der Waals surface area contributed by atoms with E-state index in [0.717, 1.165) is 55.6 Å². The van der Waals surface area contributed by atoms with Crippen molar-refractivity contribution in [3.05, 3.63) is 43.8 Å². The molecule has 0 aromatic carbocycles. The average Bonchev–Trinajstić information content (AvgIpc) is 3.05. The lowest BCUT2D eigenvalue weighted by atomic mass is 9.91. The summed E-state index contributed by atoms with van der Waals surface area (Å²) in [5.74, 6) is 0. The van der Waals surface area contributed by atoms with E-state index in [2.05, 4.69) is 22.3 Å². The minimum Gasteiger partial charge on any atom is -0.376 e. The molecule has 1 fully saturated rings. The Kier molecular flexibility index (Phi) is 4.96. The van der Waals surface area contributed by atoms with Crippen LogP contribution in [0.1, 0.15) is 53.6 Å². The summed E-state index contributed by atoms with van der Waals surface area (Å²) in [5, 5.41) is 8.30. The second-order valence-electron chi connectivity index (χ2n) is 6.95. The van der Waals surface area contributed by atoms with Crippen LogP contribution in [-0.2, 0) is 24.3 Å². The van der Waals surface area contributed by atoms with Gasteiger partial charge in [-0.15, -0.1) is 11.3 Å². The van der Waals surface area contributed by atoms with Gasteiger partial charge in [0.05, 0.1) is 36.2 Å². The fourth-order valence-electron chi connectivity index (χ4n) is 3.75. The molecule has 6 nitrogen and oxygen atoms in total. The van der Waals surface area contributed by atoms with Crippen molar-refractivity contribution >= 4 is 11.3 Å². The second kappa shape index (κ2) is 7.35. The van der Waals surface area contributed by atoms with Gasteiger partial charge in [-0.05, 0) is 32.6 Å². The summed E-state index contributed by atoms with van der Waals surface area (Å²) in [7, 11) is 0. The topological polar surface area (TPSA) is 69.0 Å². The Morgan fingerprint density at radius 3 is 2.96 bits per heavy atom. The standard InChI is InChI=1S/C18H24N4O2S/c1-12-17(25-11-20-12)9-19-14-2-4-15(5-3-14)22-18(23)8-13-10-24-7-6-16(13)21-22/h8,11,14-15,19H,2-7,9-10H2,1H3. The largest absolute Gasteiger partial charge is 0.376 e. The molecule has 0 saturated heterocycles. The lowest BCUT2D eigenvalue weighted by Gasteiger charge is -2.30. The molecule has 0 bridgehead atoms. The molecule has 1 N–H and O–H groups in total. The van der Waals surface area contributed by atoms with Crippen LogP contribution in [-0.4, -0.2) is 27.4 Å². The normalized spacial score (nSPS) is 23.4. The van der Waals surface area contributed by atoms with Crippen LogP contribution in [0.15, 0.2) is 16.4 Å². The van der Waals surface area contributed by atoms with Crippen LogP contribution in [0.5, 0.6) is 0 Å². The first kappa shape index (κ1) is 16.9. The number of rotatable bonds is 4. The third-order valence-corrected chi connectivity index (χ3v) is 6.24. The van der Waals surface area contributed by atoms with Crippen molar-refractivity contribution in [2.24, 2.45) is 0 Å². The van der Waals surface area contributed by atoms with Crippen molar-refractivity contribution in [2.75, 3.05) is 6.61 Å². The quantitative estimate of drug-likeness (QED) is 0.906. The van der Waals surface area contributed by atoms with Crippen molar-refractivity contribution in [1.82, 2.24) is 20.1 Å². The van der Waals surface area contributed by atoms with Crippen molar-refractivity contribution in [2.45, 2.75) is 64.3 Å². The van der Waals surface area contributed by atoms with Gasteiger partial charge in [0.2, 0.25) is 0 Å². The average molecular weight is 360 g/mol. The molecule has 1 saturated carbocycles. The lowest BCUT2D eigenvalue weighted by molar-refractivity contribution is 0.107. The van der Waals surface area contributed by atoms with Crippen molar-refractivity contribution in [3.63, 3.8) is 0 Å². The summed E-state index contributed by atoms with van der Waals surface area (Å²) in [4.78, 5) is 18.0. The zero-order valence-electron chi connectivity index (χ0n) is 14.5. The van der Waals surface area contributed by atoms with Crippen LogP contribution in [0.25, 0.3) is 0 Å². The number of fused-ring (bicyclic) bond motifs is 1. The summed E-state index contributed by atoms with van der Waals surface area (Å²) in [6, 6.07) is 2.46. The van der Waals surface area contributed by atoms with Gasteiger partial charge in [-0.2, -0.15) is 5.10 Å². The Bertz CT molecular complexity index is 793. The Labute approximate surface area is 151 Å². The summed E-state index contributed by atoms with van der Waals surface area (Å²) in [5.41, 5.74) is 5.04. The van der Waals surface area contributed by atoms with E-state index in [4.69, 9.17) is 4.74 Å². The van der Waals surface area contributed by atoms with Crippen LogP contribution in [0, 0.1) is 6.92 Å². The molecule has 3 heterocycles. The number of aryl methyl sites for hydroxylation is 1. The fourth-order valence-corrected chi connectivity index (χ4v) is 4.48. The summed E-state index contributed by atoms with van der Waals surface area (Å²) in [6.07, 6.45) is 4.97. The zero-order chi connectivity index (χ0) is 17.2. The monoisotopic (exact) mass is 360 g/mol. The second-order valence-corrected chi connectivity index (χ2v) is 7.89. The predicted octanol–water partition coefficient (Wildman–Crippen LogP) is 2.35. The molecule has 0 spiro atoms. The first-order chi connectivity index (χ1) is 12.2. The molecule has 25 heavy (non-hydrogen) atoms. The Morgan fingerprint density at radius 2 is 2.20 bits per heavy atom. The highest BCUT2D eigenvalue weighted by Gasteiger charge is 2.25. The molecular weight excluding hydrogens is 336 g/mol. The van der Waals surface area contributed by atoms with Gasteiger partial charge in [0, 0.05) is 35.5 Å². The summed E-state index contributed by atoms with van der Waals surface area (Å²) in [6.45, 7) is 4.17. The number of aromatic nitrogens is 3. The van der Waals surface area contributed by atoms with E-state index in [0.29, 0.717) is 19.3 Å². The van der Waals surface area contributed by atoms with Crippen LogP contribution in [0.4, 0.5) is 0 Å². The maximum Gasteiger partial charge on any atom is 0.267 e. The Morgan fingerprint density at radius 1 is 1.36 bits per heavy atom. The molecular formula is C18H24N4O2S. The van der Waals surface area contributed by atoms with Crippen molar-refractivity contribution in [3.8, 4) is 0 Å². The minimum atomic E-state index is 0.0148. The van der Waals surface area contributed by atoms with E-state index in [-0.39, 0.29) is 11.6 Å². The van der Waals surface area contributed by atoms with E-state index >= 15 is 0 Å². The predicted molar refractivity (Wildman–Crippen MR) is 96.8 cm³/mol. The molecule has 2 aromatic heterocycles. The first-order valence-electron chi connectivity index (χ1n) is 9.02. The molecule has 2 aliphatic rings. The highest BCUT2D eigenvalue weighted by Crippen LogP contribution is 2.28. The van der Waals surface area contributed by atoms with E-state index < -0.39 is 0 Å². The third kappa shape index (κ3) is 3.68. The van der Waals surface area contributed by atoms with Crippen LogP contribution >= 0.6 is 11.3 Å². The Hall–Kier alpha value is -1.57. The van der Waals surface area contributed by atoms with E-state index in [1.165, 1.54) is 4.88 Å². The third-order valence-electron chi connectivity index (χ3n) is 5.30. The van der Waals surface area contributed by atoms with E-state index in [1.54, 1.807) is 22.1 Å². The van der Waals surface area contributed by atoms with Crippen LogP contribution in [0.3, 0.4) is 0 Å². The van der Waals surface area contributed by atoms with Gasteiger partial charge in [0.1, 0.15) is 0 Å². The molecule has 1 aliphatic carbocycles. The lowest BCUT2D eigenvalue weighted by Crippen LogP contribution is -2.37. The number of hydrogen-bond donors (Lipinski definition) is 1. The van der Waals surface area contributed by atoms with Gasteiger partial charge in [-0.1, -0.05) is 0 Å². The molecule has 1 aliphatic heterocycles. The zero-order valence-corrected chi connectivity index (χ0v) is 15.3. The maximum atomic E-state index is 12.4. The number of ether oxygens (including phenoxy) is 1.